The summed E-state index contributed by atoms with van der Waals surface area (Å²) in [6.07, 6.45) is 0. The van der Waals surface area contributed by atoms with Crippen molar-refractivity contribution in [2.45, 2.75) is 25.9 Å². The van der Waals surface area contributed by atoms with Gasteiger partial charge in [0.05, 0.1) is 34.6 Å². The van der Waals surface area contributed by atoms with Crippen LogP contribution in [0.15, 0.2) is 154 Å². The van der Waals surface area contributed by atoms with Crippen LogP contribution in [-0.4, -0.2) is 21.6 Å². The number of benzene rings is 6. The van der Waals surface area contributed by atoms with E-state index in [9.17, 15) is 0 Å². The molecule has 0 fully saturated rings. The lowest BCUT2D eigenvalue weighted by atomic mass is 9.96. The number of halogens is 2. The fraction of sp³-hybridized carbons (Fsp3) is 0.0952. The molecule has 2 amide bonds. The van der Waals surface area contributed by atoms with E-state index in [2.05, 4.69) is 68.3 Å². The highest BCUT2D eigenvalue weighted by Gasteiger charge is 2.51. The van der Waals surface area contributed by atoms with Crippen LogP contribution in [0.4, 0.5) is 0 Å². The Morgan fingerprint density at radius 2 is 0.812 bits per heavy atom. The summed E-state index contributed by atoms with van der Waals surface area (Å²) in [5.74, 6) is -0.352. The third-order valence-corrected chi connectivity index (χ3v) is 10.7. The molecule has 0 aromatic heterocycles. The first-order valence-corrected chi connectivity index (χ1v) is 17.6. The molecule has 6 heteroatoms. The van der Waals surface area contributed by atoms with Crippen molar-refractivity contribution in [3.63, 3.8) is 0 Å². The zero-order valence-electron chi connectivity index (χ0n) is 26.3. The van der Waals surface area contributed by atoms with Gasteiger partial charge in [0, 0.05) is 20.1 Å². The second kappa shape index (κ2) is 12.0. The third kappa shape index (κ3) is 4.85. The van der Waals surface area contributed by atoms with Gasteiger partial charge in [0.25, 0.3) is 11.8 Å². The molecule has 48 heavy (non-hydrogen) atoms. The molecule has 2 heterocycles. The van der Waals surface area contributed by atoms with E-state index in [-0.39, 0.29) is 23.9 Å². The van der Waals surface area contributed by atoms with Crippen LogP contribution in [0.25, 0.3) is 32.9 Å². The zero-order chi connectivity index (χ0) is 33.1. The van der Waals surface area contributed by atoms with E-state index in [1.807, 2.05) is 121 Å². The molecule has 2 aliphatic heterocycles. The van der Waals surface area contributed by atoms with E-state index in [4.69, 9.17) is 0 Å². The van der Waals surface area contributed by atoms with Gasteiger partial charge < -0.3 is 0 Å². The molecule has 6 aromatic carbocycles. The molecule has 234 valence electrons. The van der Waals surface area contributed by atoms with Crippen molar-refractivity contribution in [1.29, 1.82) is 0 Å². The maximum atomic E-state index is 15.2. The van der Waals surface area contributed by atoms with Crippen molar-refractivity contribution in [2.24, 2.45) is 0 Å². The molecule has 0 N–H and O–H groups in total. The highest BCUT2D eigenvalue weighted by Crippen LogP contribution is 2.52. The summed E-state index contributed by atoms with van der Waals surface area (Å²) in [6, 6.07) is 44.0. The minimum Gasteiger partial charge on any atom is -0.300 e. The van der Waals surface area contributed by atoms with Crippen LogP contribution in [0.1, 0.15) is 48.2 Å². The Balaban J connectivity index is 1.45. The van der Waals surface area contributed by atoms with Crippen LogP contribution in [-0.2, 0) is 9.59 Å². The molecule has 2 aliphatic rings. The maximum absolute atomic E-state index is 15.2. The molecular weight excluding hydrogens is 724 g/mol. The van der Waals surface area contributed by atoms with Crippen LogP contribution in [0.2, 0.25) is 0 Å². The van der Waals surface area contributed by atoms with Gasteiger partial charge in [0.15, 0.2) is 0 Å². The molecule has 0 spiro atoms. The van der Waals surface area contributed by atoms with Crippen molar-refractivity contribution in [2.75, 3.05) is 0 Å². The highest BCUT2D eigenvalue weighted by molar-refractivity contribution is 9.10. The second-order valence-electron chi connectivity index (χ2n) is 12.3. The number of fused-ring (bicyclic) bond motifs is 3. The normalized spacial score (nSPS) is 16.0. The van der Waals surface area contributed by atoms with E-state index >= 15 is 9.59 Å². The predicted molar refractivity (Wildman–Crippen MR) is 201 cm³/mol. The maximum Gasteiger partial charge on any atom is 0.261 e. The minimum absolute atomic E-state index is 0.176. The lowest BCUT2D eigenvalue weighted by Crippen LogP contribution is -2.33. The molecule has 0 saturated carbocycles. The van der Waals surface area contributed by atoms with E-state index in [0.29, 0.717) is 22.5 Å². The van der Waals surface area contributed by atoms with E-state index < -0.39 is 0 Å². The van der Waals surface area contributed by atoms with Gasteiger partial charge >= 0.3 is 0 Å². The van der Waals surface area contributed by atoms with Crippen LogP contribution in [0.3, 0.4) is 0 Å². The molecule has 0 radical (unpaired) electrons. The van der Waals surface area contributed by atoms with Crippen molar-refractivity contribution < 1.29 is 9.59 Å². The second-order valence-corrected chi connectivity index (χ2v) is 14.1. The Hall–Kier alpha value is -4.78. The fourth-order valence-electron chi connectivity index (χ4n) is 7.25. The number of hydrogen-bond donors (Lipinski definition) is 0. The van der Waals surface area contributed by atoms with Gasteiger partial charge in [0.1, 0.15) is 0 Å². The third-order valence-electron chi connectivity index (χ3n) is 9.64. The lowest BCUT2D eigenvalue weighted by Gasteiger charge is -2.32. The van der Waals surface area contributed by atoms with Gasteiger partial charge in [-0.3, -0.25) is 19.4 Å². The molecule has 0 bridgehead atoms. The summed E-state index contributed by atoms with van der Waals surface area (Å²) in [5, 5.41) is 4.07. The molecule has 2 atom stereocenters. The molecule has 6 aromatic rings. The van der Waals surface area contributed by atoms with Gasteiger partial charge in [-0.15, -0.1) is 0 Å². The van der Waals surface area contributed by atoms with Gasteiger partial charge in [-0.25, -0.2) is 0 Å². The van der Waals surface area contributed by atoms with Crippen LogP contribution >= 0.6 is 31.9 Å². The number of hydrogen-bond acceptors (Lipinski definition) is 2. The highest BCUT2D eigenvalue weighted by atomic mass is 79.9. The van der Waals surface area contributed by atoms with E-state index in [0.717, 1.165) is 52.7 Å². The van der Waals surface area contributed by atoms with Gasteiger partial charge in [0.2, 0.25) is 0 Å². The standard InChI is InChI=1S/C42H30Br2N2O2/c1-25(27-17-21-31(43)22-18-27)45-39(35-15-7-11-29-9-3-5-13-33(29)35)37-38(41(45)47)40(36-16-8-12-30-10-4-6-14-34(30)36)46(42(37)48)26(2)28-19-23-32(44)24-20-28/h3-26H,1-2H3. The Bertz CT molecular complexity index is 2160. The summed E-state index contributed by atoms with van der Waals surface area (Å²) in [4.78, 5) is 34.2. The predicted octanol–water partition coefficient (Wildman–Crippen LogP) is 10.8. The molecule has 4 nitrogen and oxygen atoms in total. The minimum atomic E-state index is -0.343. The Labute approximate surface area is 296 Å². The summed E-state index contributed by atoms with van der Waals surface area (Å²) in [6.45, 7) is 4.08. The monoisotopic (exact) mass is 752 g/mol. The summed E-state index contributed by atoms with van der Waals surface area (Å²) in [5.41, 5.74) is 5.87. The van der Waals surface area contributed by atoms with Gasteiger partial charge in [-0.1, -0.05) is 141 Å². The number of nitrogens with zero attached hydrogens (tertiary/aromatic N) is 2. The SMILES string of the molecule is CC(c1ccc(Br)cc1)N1C(=O)C2=C(c3cccc4ccccc34)N(C(C)c3ccc(Br)cc3)C(=O)C2=C1c1cccc2ccccc12. The number of carbonyl (C=O) groups excluding carboxylic acids is 2. The topological polar surface area (TPSA) is 40.6 Å². The van der Waals surface area contributed by atoms with Gasteiger partial charge in [-0.2, -0.15) is 0 Å². The summed E-state index contributed by atoms with van der Waals surface area (Å²) >= 11 is 7.12. The van der Waals surface area contributed by atoms with E-state index in [1.165, 1.54) is 0 Å². The first-order valence-electron chi connectivity index (χ1n) is 16.0. The van der Waals surface area contributed by atoms with Crippen molar-refractivity contribution in [1.82, 2.24) is 9.80 Å². The molecular formula is C42H30Br2N2O2. The smallest absolute Gasteiger partial charge is 0.261 e. The Morgan fingerprint density at radius 1 is 0.458 bits per heavy atom. The number of amides is 2. The Kier molecular flexibility index (Phi) is 7.66. The first-order chi connectivity index (χ1) is 23.3. The Morgan fingerprint density at radius 3 is 1.21 bits per heavy atom. The number of carbonyl (C=O) groups is 2. The first kappa shape index (κ1) is 30.5. The van der Waals surface area contributed by atoms with Crippen molar-refractivity contribution in [3.8, 4) is 0 Å². The van der Waals surface area contributed by atoms with Crippen LogP contribution in [0, 0.1) is 0 Å². The summed E-state index contributed by atoms with van der Waals surface area (Å²) in [7, 11) is 0. The fourth-order valence-corrected chi connectivity index (χ4v) is 7.78. The summed E-state index contributed by atoms with van der Waals surface area (Å²) < 4.78 is 1.92. The van der Waals surface area contributed by atoms with E-state index in [1.54, 1.807) is 0 Å². The zero-order valence-corrected chi connectivity index (χ0v) is 29.5. The molecule has 2 unspecified atom stereocenters. The average molecular weight is 755 g/mol. The number of rotatable bonds is 6. The molecule has 0 aliphatic carbocycles. The van der Waals surface area contributed by atoms with Gasteiger partial charge in [-0.05, 0) is 70.8 Å². The van der Waals surface area contributed by atoms with Crippen molar-refractivity contribution in [3.05, 3.63) is 176 Å². The lowest BCUT2D eigenvalue weighted by molar-refractivity contribution is -0.125. The van der Waals surface area contributed by atoms with Crippen LogP contribution < -0.4 is 0 Å². The van der Waals surface area contributed by atoms with Crippen molar-refractivity contribution >= 4 is 76.6 Å². The molecule has 8 rings (SSSR count). The largest absolute Gasteiger partial charge is 0.300 e. The van der Waals surface area contributed by atoms with Crippen LogP contribution in [0.5, 0.6) is 0 Å². The quantitative estimate of drug-likeness (QED) is 0.170. The average Bonchev–Trinajstić information content (AvgIpc) is 3.58. The molecule has 0 saturated heterocycles.